The molecule has 1 rings (SSSR count). The number of carbonyl (C=O) groups is 1. The van der Waals surface area contributed by atoms with Crippen LogP contribution in [0.1, 0.15) is 12.5 Å². The van der Waals surface area contributed by atoms with E-state index in [9.17, 15) is 9.18 Å². The second kappa shape index (κ2) is 6.16. The van der Waals surface area contributed by atoms with Gasteiger partial charge in [0.05, 0.1) is 11.1 Å². The van der Waals surface area contributed by atoms with Crippen molar-refractivity contribution in [3.05, 3.63) is 39.6 Å². The van der Waals surface area contributed by atoms with Crippen LogP contribution in [0.2, 0.25) is 0 Å². The number of hydrogen-bond acceptors (Lipinski definition) is 3. The molecule has 0 fully saturated rings. The summed E-state index contributed by atoms with van der Waals surface area (Å²) in [6.07, 6.45) is 1.35. The van der Waals surface area contributed by atoms with E-state index in [0.29, 0.717) is 5.56 Å². The van der Waals surface area contributed by atoms with Gasteiger partial charge in [-0.15, -0.1) is 0 Å². The minimum Gasteiger partial charge on any atom is -0.462 e. The molecule has 17 heavy (non-hydrogen) atoms. The zero-order valence-electron chi connectivity index (χ0n) is 9.04. The normalized spacial score (nSPS) is 10.8. The maximum Gasteiger partial charge on any atom is 0.348 e. The lowest BCUT2D eigenvalue weighted by Crippen LogP contribution is -2.05. The lowest BCUT2D eigenvalue weighted by molar-refractivity contribution is -0.137. The van der Waals surface area contributed by atoms with E-state index in [2.05, 4.69) is 15.9 Å². The van der Waals surface area contributed by atoms with Crippen molar-refractivity contribution < 1.29 is 13.9 Å². The number of nitriles is 1. The number of nitrogens with zero attached hydrogens (tertiary/aromatic N) is 1. The number of ether oxygens (including phenoxy) is 1. The number of rotatable bonds is 3. The molecule has 0 heterocycles. The molecule has 0 aliphatic carbocycles. The summed E-state index contributed by atoms with van der Waals surface area (Å²) in [5, 5.41) is 8.80. The molecule has 0 aliphatic heterocycles. The van der Waals surface area contributed by atoms with Gasteiger partial charge in [-0.25, -0.2) is 9.18 Å². The Morgan fingerprint density at radius 2 is 2.35 bits per heavy atom. The summed E-state index contributed by atoms with van der Waals surface area (Å²) in [6, 6.07) is 5.94. The predicted molar refractivity (Wildman–Crippen MR) is 64.3 cm³/mol. The number of halogens is 2. The van der Waals surface area contributed by atoms with Gasteiger partial charge in [0.15, 0.2) is 0 Å². The first kappa shape index (κ1) is 13.4. The summed E-state index contributed by atoms with van der Waals surface area (Å²) >= 11 is 3.02. The van der Waals surface area contributed by atoms with Crippen molar-refractivity contribution in [3.63, 3.8) is 0 Å². The van der Waals surface area contributed by atoms with E-state index >= 15 is 0 Å². The van der Waals surface area contributed by atoms with E-state index in [0.717, 1.165) is 0 Å². The molecular formula is C12H9BrFNO2. The quantitative estimate of drug-likeness (QED) is 0.489. The molecule has 0 aliphatic rings. The fourth-order valence-corrected chi connectivity index (χ4v) is 1.51. The van der Waals surface area contributed by atoms with Gasteiger partial charge in [0.2, 0.25) is 0 Å². The third kappa shape index (κ3) is 3.68. The Bertz CT molecular complexity index is 506. The second-order valence-electron chi connectivity index (χ2n) is 3.06. The molecule has 0 saturated carbocycles. The SMILES string of the molecule is CCOC(=O)/C(C#N)=C\c1ccc(F)c(Br)c1. The molecule has 0 amide bonds. The fraction of sp³-hybridized carbons (Fsp3) is 0.167. The molecule has 0 aromatic heterocycles. The zero-order valence-corrected chi connectivity index (χ0v) is 10.6. The second-order valence-corrected chi connectivity index (χ2v) is 3.92. The first-order valence-corrected chi connectivity index (χ1v) is 5.61. The molecule has 0 bridgehead atoms. The highest BCUT2D eigenvalue weighted by Gasteiger charge is 2.10. The molecule has 1 aromatic rings. The first-order chi connectivity index (χ1) is 8.08. The van der Waals surface area contributed by atoms with Crippen molar-refractivity contribution in [2.75, 3.05) is 6.61 Å². The van der Waals surface area contributed by atoms with E-state index < -0.39 is 11.8 Å². The molecule has 0 radical (unpaired) electrons. The fourth-order valence-electron chi connectivity index (χ4n) is 1.11. The molecule has 0 atom stereocenters. The summed E-state index contributed by atoms with van der Waals surface area (Å²) in [4.78, 5) is 11.3. The highest BCUT2D eigenvalue weighted by molar-refractivity contribution is 9.10. The maximum atomic E-state index is 13.0. The van der Waals surface area contributed by atoms with Crippen molar-refractivity contribution in [2.24, 2.45) is 0 Å². The zero-order chi connectivity index (χ0) is 12.8. The lowest BCUT2D eigenvalue weighted by atomic mass is 10.1. The minimum atomic E-state index is -0.685. The van der Waals surface area contributed by atoms with Crippen LogP contribution in [0.15, 0.2) is 28.2 Å². The summed E-state index contributed by atoms with van der Waals surface area (Å²) in [5.74, 6) is -1.09. The summed E-state index contributed by atoms with van der Waals surface area (Å²) in [6.45, 7) is 1.85. The van der Waals surface area contributed by atoms with E-state index in [4.69, 9.17) is 10.00 Å². The monoisotopic (exact) mass is 297 g/mol. The Balaban J connectivity index is 3.03. The number of carbonyl (C=O) groups excluding carboxylic acids is 1. The average molecular weight is 298 g/mol. The molecular weight excluding hydrogens is 289 g/mol. The number of hydrogen-bond donors (Lipinski definition) is 0. The maximum absolute atomic E-state index is 13.0. The summed E-state index contributed by atoms with van der Waals surface area (Å²) in [5.41, 5.74) is 0.424. The van der Waals surface area contributed by atoms with Crippen molar-refractivity contribution in [1.82, 2.24) is 0 Å². The Morgan fingerprint density at radius 1 is 1.65 bits per heavy atom. The Labute approximate surface area is 107 Å². The average Bonchev–Trinajstić information content (AvgIpc) is 2.30. The molecule has 5 heteroatoms. The van der Waals surface area contributed by atoms with Gasteiger partial charge in [-0.1, -0.05) is 6.07 Å². The van der Waals surface area contributed by atoms with Crippen LogP contribution >= 0.6 is 15.9 Å². The topological polar surface area (TPSA) is 50.1 Å². The van der Waals surface area contributed by atoms with Gasteiger partial charge in [0, 0.05) is 0 Å². The van der Waals surface area contributed by atoms with Gasteiger partial charge < -0.3 is 4.74 Å². The van der Waals surface area contributed by atoms with Crippen LogP contribution in [-0.2, 0) is 9.53 Å². The Kier molecular flexibility index (Phi) is 4.85. The van der Waals surface area contributed by atoms with Crippen molar-refractivity contribution in [3.8, 4) is 6.07 Å². The summed E-state index contributed by atoms with van der Waals surface area (Å²) < 4.78 is 17.9. The van der Waals surface area contributed by atoms with Crippen LogP contribution in [0.5, 0.6) is 0 Å². The van der Waals surface area contributed by atoms with E-state index in [-0.39, 0.29) is 16.7 Å². The molecule has 1 aromatic carbocycles. The van der Waals surface area contributed by atoms with Crippen LogP contribution in [0, 0.1) is 17.1 Å². The predicted octanol–water partition coefficient (Wildman–Crippen LogP) is 3.06. The van der Waals surface area contributed by atoms with Crippen molar-refractivity contribution >= 4 is 28.0 Å². The van der Waals surface area contributed by atoms with Crippen LogP contribution in [0.25, 0.3) is 6.08 Å². The number of benzene rings is 1. The van der Waals surface area contributed by atoms with Crippen LogP contribution in [-0.4, -0.2) is 12.6 Å². The third-order valence-corrected chi connectivity index (χ3v) is 2.48. The Hall–Kier alpha value is -1.67. The smallest absolute Gasteiger partial charge is 0.348 e. The van der Waals surface area contributed by atoms with Gasteiger partial charge in [-0.3, -0.25) is 0 Å². The van der Waals surface area contributed by atoms with E-state index in [1.807, 2.05) is 0 Å². The first-order valence-electron chi connectivity index (χ1n) is 4.82. The lowest BCUT2D eigenvalue weighted by Gasteiger charge is -2.00. The largest absolute Gasteiger partial charge is 0.462 e. The van der Waals surface area contributed by atoms with E-state index in [1.54, 1.807) is 13.0 Å². The van der Waals surface area contributed by atoms with Gasteiger partial charge >= 0.3 is 5.97 Å². The molecule has 0 spiro atoms. The molecule has 88 valence electrons. The van der Waals surface area contributed by atoms with Gasteiger partial charge in [-0.05, 0) is 46.6 Å². The molecule has 0 unspecified atom stereocenters. The van der Waals surface area contributed by atoms with E-state index in [1.165, 1.54) is 24.3 Å². The van der Waals surface area contributed by atoms with Gasteiger partial charge in [0.1, 0.15) is 17.5 Å². The van der Waals surface area contributed by atoms with Gasteiger partial charge in [-0.2, -0.15) is 5.26 Å². The third-order valence-electron chi connectivity index (χ3n) is 1.87. The highest BCUT2D eigenvalue weighted by Crippen LogP contribution is 2.18. The van der Waals surface area contributed by atoms with Crippen molar-refractivity contribution in [2.45, 2.75) is 6.92 Å². The van der Waals surface area contributed by atoms with Crippen LogP contribution in [0.4, 0.5) is 4.39 Å². The molecule has 3 nitrogen and oxygen atoms in total. The summed E-state index contributed by atoms with van der Waals surface area (Å²) in [7, 11) is 0. The Morgan fingerprint density at radius 3 is 2.88 bits per heavy atom. The van der Waals surface area contributed by atoms with Crippen LogP contribution < -0.4 is 0 Å². The van der Waals surface area contributed by atoms with Crippen molar-refractivity contribution in [1.29, 1.82) is 5.26 Å². The van der Waals surface area contributed by atoms with Gasteiger partial charge in [0.25, 0.3) is 0 Å². The molecule has 0 N–H and O–H groups in total. The standard InChI is InChI=1S/C12H9BrFNO2/c1-2-17-12(16)9(7-15)5-8-3-4-11(14)10(13)6-8/h3-6H,2H2,1H3/b9-5-. The highest BCUT2D eigenvalue weighted by atomic mass is 79.9. The molecule has 0 saturated heterocycles. The van der Waals surface area contributed by atoms with Crippen LogP contribution in [0.3, 0.4) is 0 Å². The number of esters is 1. The minimum absolute atomic E-state index is 0.120.